The van der Waals surface area contributed by atoms with Crippen molar-refractivity contribution in [3.8, 4) is 0 Å². The van der Waals surface area contributed by atoms with Crippen molar-refractivity contribution in [3.05, 3.63) is 10.4 Å². The Bertz CT molecular complexity index is 457. The predicted octanol–water partition coefficient (Wildman–Crippen LogP) is 3.75. The molecule has 0 N–H and O–H groups in total. The van der Waals surface area contributed by atoms with Crippen LogP contribution in [-0.2, 0) is 18.7 Å². The SMILES string of the molecule is CC(=O)O[C@H]1[C@@H](N=[N+]=[N-])C[C@@H](O[Si](C)(C)C(C)(C)C)O[C@H]1C. The molecule has 0 saturated carbocycles. The summed E-state index contributed by atoms with van der Waals surface area (Å²) in [5.41, 5.74) is 8.75. The molecule has 1 saturated heterocycles. The minimum atomic E-state index is -2.00. The Morgan fingerprint density at radius 2 is 2.00 bits per heavy atom. The van der Waals surface area contributed by atoms with Crippen LogP contribution in [0.15, 0.2) is 5.11 Å². The second-order valence-corrected chi connectivity index (χ2v) is 12.0. The highest BCUT2D eigenvalue weighted by atomic mass is 28.4. The monoisotopic (exact) mass is 329 g/mol. The molecule has 0 aromatic carbocycles. The molecule has 0 unspecified atom stereocenters. The van der Waals surface area contributed by atoms with E-state index in [0.717, 1.165) is 0 Å². The predicted molar refractivity (Wildman–Crippen MR) is 85.7 cm³/mol. The van der Waals surface area contributed by atoms with Crippen LogP contribution in [0.1, 0.15) is 41.0 Å². The van der Waals surface area contributed by atoms with E-state index in [9.17, 15) is 4.79 Å². The molecule has 0 aliphatic carbocycles. The third kappa shape index (κ3) is 4.71. The van der Waals surface area contributed by atoms with E-state index >= 15 is 0 Å². The molecule has 0 bridgehead atoms. The molecule has 0 aromatic rings. The summed E-state index contributed by atoms with van der Waals surface area (Å²) in [4.78, 5) is 14.1. The molecule has 0 amide bonds. The van der Waals surface area contributed by atoms with Crippen LogP contribution in [0.2, 0.25) is 18.1 Å². The molecular weight excluding hydrogens is 302 g/mol. The fourth-order valence-electron chi connectivity index (χ4n) is 2.14. The van der Waals surface area contributed by atoms with Crippen molar-refractivity contribution >= 4 is 14.3 Å². The highest BCUT2D eigenvalue weighted by molar-refractivity contribution is 6.74. The molecule has 1 aliphatic rings. The standard InChI is InChI=1S/C14H27N3O4Si/c1-9-13(20-10(2)18)11(16-17-15)8-12(19-9)21-22(6,7)14(3,4)5/h9,11-13H,8H2,1-7H3/t9-,11-,12+,13+/m0/s1. The van der Waals surface area contributed by atoms with Gasteiger partial charge in [-0.2, -0.15) is 0 Å². The second kappa shape index (κ2) is 7.00. The van der Waals surface area contributed by atoms with Gasteiger partial charge < -0.3 is 13.9 Å². The van der Waals surface area contributed by atoms with E-state index < -0.39 is 32.7 Å². The molecule has 1 fully saturated rings. The van der Waals surface area contributed by atoms with E-state index in [1.165, 1.54) is 6.92 Å². The normalized spacial score (nSPS) is 29.6. The molecule has 4 atom stereocenters. The van der Waals surface area contributed by atoms with Gasteiger partial charge in [-0.05, 0) is 30.6 Å². The minimum Gasteiger partial charge on any atom is -0.459 e. The first-order valence-electron chi connectivity index (χ1n) is 7.52. The molecule has 8 heteroatoms. The third-order valence-electron chi connectivity index (χ3n) is 4.38. The van der Waals surface area contributed by atoms with Gasteiger partial charge in [-0.1, -0.05) is 25.9 Å². The number of azide groups is 1. The van der Waals surface area contributed by atoms with E-state index in [2.05, 4.69) is 43.9 Å². The van der Waals surface area contributed by atoms with Gasteiger partial charge in [0.15, 0.2) is 8.32 Å². The van der Waals surface area contributed by atoms with Crippen LogP contribution in [0.4, 0.5) is 0 Å². The maximum Gasteiger partial charge on any atom is 0.303 e. The number of nitrogens with zero attached hydrogens (tertiary/aromatic N) is 3. The zero-order valence-corrected chi connectivity index (χ0v) is 15.5. The van der Waals surface area contributed by atoms with Crippen molar-refractivity contribution in [3.63, 3.8) is 0 Å². The lowest BCUT2D eigenvalue weighted by Crippen LogP contribution is -2.53. The van der Waals surface area contributed by atoms with Gasteiger partial charge in [-0.3, -0.25) is 4.79 Å². The summed E-state index contributed by atoms with van der Waals surface area (Å²) in [7, 11) is -2.00. The largest absolute Gasteiger partial charge is 0.459 e. The summed E-state index contributed by atoms with van der Waals surface area (Å²) in [6.45, 7) is 13.9. The van der Waals surface area contributed by atoms with Gasteiger partial charge in [0.05, 0.1) is 12.1 Å². The number of rotatable bonds is 4. The van der Waals surface area contributed by atoms with Crippen LogP contribution in [0.25, 0.3) is 10.4 Å². The molecule has 1 rings (SSSR count). The molecule has 0 spiro atoms. The van der Waals surface area contributed by atoms with Crippen molar-refractivity contribution in [1.29, 1.82) is 0 Å². The molecule has 0 aromatic heterocycles. The van der Waals surface area contributed by atoms with E-state index in [4.69, 9.17) is 19.4 Å². The smallest absolute Gasteiger partial charge is 0.303 e. The van der Waals surface area contributed by atoms with E-state index in [-0.39, 0.29) is 11.1 Å². The lowest BCUT2D eigenvalue weighted by atomic mass is 10.0. The number of hydrogen-bond donors (Lipinski definition) is 0. The van der Waals surface area contributed by atoms with Gasteiger partial charge in [-0.25, -0.2) is 0 Å². The Hall–Kier alpha value is -1.08. The summed E-state index contributed by atoms with van der Waals surface area (Å²) in [5.74, 6) is -0.414. The Morgan fingerprint density at radius 1 is 1.41 bits per heavy atom. The second-order valence-electron chi connectivity index (χ2n) is 7.23. The fourth-order valence-corrected chi connectivity index (χ4v) is 3.31. The van der Waals surface area contributed by atoms with Crippen LogP contribution in [0.3, 0.4) is 0 Å². The van der Waals surface area contributed by atoms with Gasteiger partial charge in [0, 0.05) is 18.3 Å². The molecular formula is C14H27N3O4Si. The highest BCUT2D eigenvalue weighted by Gasteiger charge is 2.44. The summed E-state index contributed by atoms with van der Waals surface area (Å²) in [6, 6.07) is -0.479. The van der Waals surface area contributed by atoms with Crippen molar-refractivity contribution in [2.24, 2.45) is 5.11 Å². The third-order valence-corrected chi connectivity index (χ3v) is 8.84. The van der Waals surface area contributed by atoms with Crippen LogP contribution in [0, 0.1) is 0 Å². The molecule has 1 heterocycles. The van der Waals surface area contributed by atoms with Crippen molar-refractivity contribution in [1.82, 2.24) is 0 Å². The number of hydrogen-bond acceptors (Lipinski definition) is 5. The average Bonchev–Trinajstić information content (AvgIpc) is 2.31. The Morgan fingerprint density at radius 3 is 2.45 bits per heavy atom. The lowest BCUT2D eigenvalue weighted by molar-refractivity contribution is -0.205. The zero-order valence-electron chi connectivity index (χ0n) is 14.5. The zero-order chi connectivity index (χ0) is 17.1. The Kier molecular flexibility index (Phi) is 6.03. The topological polar surface area (TPSA) is 93.5 Å². The first-order valence-corrected chi connectivity index (χ1v) is 10.4. The number of esters is 1. The average molecular weight is 329 g/mol. The van der Waals surface area contributed by atoms with Gasteiger partial charge >= 0.3 is 5.97 Å². The van der Waals surface area contributed by atoms with Gasteiger partial charge in [0.1, 0.15) is 12.4 Å². The quantitative estimate of drug-likeness (QED) is 0.258. The fraction of sp³-hybridized carbons (Fsp3) is 0.929. The lowest BCUT2D eigenvalue weighted by Gasteiger charge is -2.44. The Labute approximate surface area is 133 Å². The number of carbonyl (C=O) groups excluding carboxylic acids is 1. The summed E-state index contributed by atoms with van der Waals surface area (Å²) in [5, 5.41) is 3.83. The molecule has 7 nitrogen and oxygen atoms in total. The first-order chi connectivity index (χ1) is 9.98. The molecule has 1 aliphatic heterocycles. The first kappa shape index (κ1) is 19.0. The summed E-state index contributed by atoms with van der Waals surface area (Å²) in [6.07, 6.45) is -1.02. The Balaban J connectivity index is 2.87. The number of ether oxygens (including phenoxy) is 2. The van der Waals surface area contributed by atoms with Crippen molar-refractivity contribution in [2.75, 3.05) is 0 Å². The van der Waals surface area contributed by atoms with Crippen molar-refractivity contribution in [2.45, 2.75) is 83.7 Å². The van der Waals surface area contributed by atoms with Gasteiger partial charge in [-0.15, -0.1) is 0 Å². The van der Waals surface area contributed by atoms with E-state index in [1.54, 1.807) is 6.92 Å². The maximum absolute atomic E-state index is 11.2. The van der Waals surface area contributed by atoms with Gasteiger partial charge in [0.25, 0.3) is 0 Å². The van der Waals surface area contributed by atoms with Crippen molar-refractivity contribution < 1.29 is 18.7 Å². The molecule has 0 radical (unpaired) electrons. The molecule has 126 valence electrons. The summed E-state index contributed by atoms with van der Waals surface area (Å²) < 4.78 is 17.3. The van der Waals surface area contributed by atoms with Crippen LogP contribution in [0.5, 0.6) is 0 Å². The van der Waals surface area contributed by atoms with Crippen LogP contribution in [-0.4, -0.2) is 38.8 Å². The van der Waals surface area contributed by atoms with Crippen LogP contribution >= 0.6 is 0 Å². The number of carbonyl (C=O) groups is 1. The minimum absolute atomic E-state index is 0.0559. The van der Waals surface area contributed by atoms with Gasteiger partial charge in [0.2, 0.25) is 0 Å². The van der Waals surface area contributed by atoms with E-state index in [1.807, 2.05) is 0 Å². The van der Waals surface area contributed by atoms with Crippen LogP contribution < -0.4 is 0 Å². The summed E-state index contributed by atoms with van der Waals surface area (Å²) >= 11 is 0. The highest BCUT2D eigenvalue weighted by Crippen LogP contribution is 2.39. The van der Waals surface area contributed by atoms with E-state index in [0.29, 0.717) is 6.42 Å². The maximum atomic E-state index is 11.2. The molecule has 22 heavy (non-hydrogen) atoms.